The van der Waals surface area contributed by atoms with Crippen molar-refractivity contribution in [2.24, 2.45) is 5.92 Å². The molecule has 0 unspecified atom stereocenters. The van der Waals surface area contributed by atoms with Crippen LogP contribution in [-0.4, -0.2) is 26.6 Å². The number of hydrogen-bond acceptors (Lipinski definition) is 3. The third-order valence-corrected chi connectivity index (χ3v) is 3.92. The molecule has 0 saturated heterocycles. The van der Waals surface area contributed by atoms with E-state index in [-0.39, 0.29) is 6.29 Å². The molecule has 3 heteroatoms. The standard InChI is InChI=1S/C16H24O3/c1-17-16(18-2)11-14-9-6-10-15(14)19-12-13-7-4-3-5-8-13/h3-5,7-8,14-16H,6,9-12H2,1-2H3/t14-,15-/m1/s1. The molecule has 0 heterocycles. The summed E-state index contributed by atoms with van der Waals surface area (Å²) in [5.74, 6) is 0.550. The van der Waals surface area contributed by atoms with Gasteiger partial charge in [0, 0.05) is 20.6 Å². The van der Waals surface area contributed by atoms with Crippen LogP contribution in [0.5, 0.6) is 0 Å². The van der Waals surface area contributed by atoms with E-state index >= 15 is 0 Å². The van der Waals surface area contributed by atoms with Gasteiger partial charge in [-0.1, -0.05) is 36.8 Å². The highest BCUT2D eigenvalue weighted by atomic mass is 16.7. The Labute approximate surface area is 115 Å². The van der Waals surface area contributed by atoms with Gasteiger partial charge < -0.3 is 14.2 Å². The summed E-state index contributed by atoms with van der Waals surface area (Å²) >= 11 is 0. The Morgan fingerprint density at radius 1 is 1.11 bits per heavy atom. The zero-order chi connectivity index (χ0) is 13.5. The Kier molecular flexibility index (Phi) is 5.83. The summed E-state index contributed by atoms with van der Waals surface area (Å²) in [7, 11) is 3.39. The highest BCUT2D eigenvalue weighted by molar-refractivity contribution is 5.13. The van der Waals surface area contributed by atoms with Crippen molar-refractivity contribution in [3.8, 4) is 0 Å². The molecule has 2 atom stereocenters. The Bertz CT molecular complexity index is 348. The van der Waals surface area contributed by atoms with Crippen LogP contribution >= 0.6 is 0 Å². The summed E-state index contributed by atoms with van der Waals surface area (Å²) in [5, 5.41) is 0. The summed E-state index contributed by atoms with van der Waals surface area (Å²) in [6.07, 6.45) is 4.76. The molecule has 0 aromatic heterocycles. The molecule has 1 aromatic carbocycles. The van der Waals surface area contributed by atoms with Crippen LogP contribution in [0.4, 0.5) is 0 Å². The van der Waals surface area contributed by atoms with Crippen LogP contribution in [0.2, 0.25) is 0 Å². The van der Waals surface area contributed by atoms with Gasteiger partial charge in [-0.15, -0.1) is 0 Å². The van der Waals surface area contributed by atoms with E-state index in [4.69, 9.17) is 14.2 Å². The molecular weight excluding hydrogens is 240 g/mol. The SMILES string of the molecule is COC(C[C@H]1CCC[C@H]1OCc1ccccc1)OC. The molecule has 19 heavy (non-hydrogen) atoms. The molecule has 106 valence electrons. The van der Waals surface area contributed by atoms with E-state index < -0.39 is 0 Å². The molecule has 0 amide bonds. The summed E-state index contributed by atoms with van der Waals surface area (Å²) in [4.78, 5) is 0. The van der Waals surface area contributed by atoms with Crippen molar-refractivity contribution in [2.75, 3.05) is 14.2 Å². The van der Waals surface area contributed by atoms with Gasteiger partial charge in [0.25, 0.3) is 0 Å². The van der Waals surface area contributed by atoms with Crippen molar-refractivity contribution in [1.29, 1.82) is 0 Å². The molecule has 0 spiro atoms. The van der Waals surface area contributed by atoms with Crippen LogP contribution < -0.4 is 0 Å². The summed E-state index contributed by atoms with van der Waals surface area (Å²) < 4.78 is 16.7. The second kappa shape index (κ2) is 7.63. The van der Waals surface area contributed by atoms with Crippen molar-refractivity contribution in [1.82, 2.24) is 0 Å². The molecule has 3 nitrogen and oxygen atoms in total. The van der Waals surface area contributed by atoms with Crippen LogP contribution in [0, 0.1) is 5.92 Å². The fourth-order valence-corrected chi connectivity index (χ4v) is 2.81. The third kappa shape index (κ3) is 4.30. The van der Waals surface area contributed by atoms with Crippen molar-refractivity contribution < 1.29 is 14.2 Å². The van der Waals surface area contributed by atoms with Crippen LogP contribution in [0.3, 0.4) is 0 Å². The fourth-order valence-electron chi connectivity index (χ4n) is 2.81. The maximum atomic E-state index is 6.08. The molecule has 0 bridgehead atoms. The Hall–Kier alpha value is -0.900. The number of methoxy groups -OCH3 is 2. The van der Waals surface area contributed by atoms with Crippen LogP contribution in [0.15, 0.2) is 30.3 Å². The smallest absolute Gasteiger partial charge is 0.157 e. The maximum Gasteiger partial charge on any atom is 0.157 e. The number of hydrogen-bond donors (Lipinski definition) is 0. The van der Waals surface area contributed by atoms with Crippen molar-refractivity contribution >= 4 is 0 Å². The Balaban J connectivity index is 1.82. The highest BCUT2D eigenvalue weighted by Crippen LogP contribution is 2.32. The van der Waals surface area contributed by atoms with E-state index in [0.717, 1.165) is 12.8 Å². The molecular formula is C16H24O3. The van der Waals surface area contributed by atoms with Gasteiger partial charge in [-0.25, -0.2) is 0 Å². The highest BCUT2D eigenvalue weighted by Gasteiger charge is 2.30. The summed E-state index contributed by atoms with van der Waals surface area (Å²) in [5.41, 5.74) is 1.24. The minimum Gasteiger partial charge on any atom is -0.373 e. The quantitative estimate of drug-likeness (QED) is 0.707. The van der Waals surface area contributed by atoms with Crippen LogP contribution in [0.1, 0.15) is 31.2 Å². The first-order valence-corrected chi connectivity index (χ1v) is 7.04. The third-order valence-electron chi connectivity index (χ3n) is 3.92. The first-order chi connectivity index (χ1) is 9.33. The number of ether oxygens (including phenoxy) is 3. The van der Waals surface area contributed by atoms with Crippen LogP contribution in [-0.2, 0) is 20.8 Å². The maximum absolute atomic E-state index is 6.08. The first kappa shape index (κ1) is 14.5. The van der Waals surface area contributed by atoms with Gasteiger partial charge in [0.2, 0.25) is 0 Å². The second-order valence-electron chi connectivity index (χ2n) is 5.16. The van der Waals surface area contributed by atoms with Crippen molar-refractivity contribution in [3.05, 3.63) is 35.9 Å². The minimum absolute atomic E-state index is 0.106. The monoisotopic (exact) mass is 264 g/mol. The van der Waals surface area contributed by atoms with Gasteiger partial charge in [-0.05, 0) is 24.3 Å². The van der Waals surface area contributed by atoms with Crippen molar-refractivity contribution in [3.63, 3.8) is 0 Å². The largest absolute Gasteiger partial charge is 0.373 e. The van der Waals surface area contributed by atoms with Gasteiger partial charge in [0.05, 0.1) is 12.7 Å². The van der Waals surface area contributed by atoms with Gasteiger partial charge in [-0.3, -0.25) is 0 Å². The number of rotatable bonds is 7. The molecule has 1 aliphatic rings. The van der Waals surface area contributed by atoms with E-state index in [1.54, 1.807) is 14.2 Å². The molecule has 0 N–H and O–H groups in total. The molecule has 1 fully saturated rings. The van der Waals surface area contributed by atoms with Gasteiger partial charge in [0.1, 0.15) is 0 Å². The van der Waals surface area contributed by atoms with E-state index in [2.05, 4.69) is 24.3 Å². The molecule has 2 rings (SSSR count). The predicted molar refractivity (Wildman–Crippen MR) is 74.8 cm³/mol. The zero-order valence-corrected chi connectivity index (χ0v) is 11.9. The van der Waals surface area contributed by atoms with Crippen molar-refractivity contribution in [2.45, 2.75) is 44.7 Å². The molecule has 1 aliphatic carbocycles. The van der Waals surface area contributed by atoms with Crippen LogP contribution in [0.25, 0.3) is 0 Å². The van der Waals surface area contributed by atoms with Gasteiger partial charge >= 0.3 is 0 Å². The lowest BCUT2D eigenvalue weighted by Gasteiger charge is -2.23. The number of benzene rings is 1. The lowest BCUT2D eigenvalue weighted by molar-refractivity contribution is -0.123. The van der Waals surface area contributed by atoms with Gasteiger partial charge in [-0.2, -0.15) is 0 Å². The minimum atomic E-state index is -0.106. The summed E-state index contributed by atoms with van der Waals surface area (Å²) in [6.45, 7) is 0.701. The normalized spacial score (nSPS) is 23.1. The van der Waals surface area contributed by atoms with E-state index in [1.165, 1.54) is 18.4 Å². The summed E-state index contributed by atoms with van der Waals surface area (Å²) in [6, 6.07) is 10.4. The zero-order valence-electron chi connectivity index (χ0n) is 11.9. The lowest BCUT2D eigenvalue weighted by atomic mass is 10.0. The average Bonchev–Trinajstić information content (AvgIpc) is 2.91. The van der Waals surface area contributed by atoms with E-state index in [0.29, 0.717) is 18.6 Å². The molecule has 1 aromatic rings. The second-order valence-corrected chi connectivity index (χ2v) is 5.16. The average molecular weight is 264 g/mol. The lowest BCUT2D eigenvalue weighted by Crippen LogP contribution is -2.25. The molecule has 1 saturated carbocycles. The Morgan fingerprint density at radius 2 is 1.84 bits per heavy atom. The topological polar surface area (TPSA) is 27.7 Å². The predicted octanol–water partition coefficient (Wildman–Crippen LogP) is 3.38. The van der Waals surface area contributed by atoms with Gasteiger partial charge in [0.15, 0.2) is 6.29 Å². The first-order valence-electron chi connectivity index (χ1n) is 7.04. The molecule has 0 radical (unpaired) electrons. The van der Waals surface area contributed by atoms with E-state index in [9.17, 15) is 0 Å². The molecule has 0 aliphatic heterocycles. The van der Waals surface area contributed by atoms with E-state index in [1.807, 2.05) is 6.07 Å². The fraction of sp³-hybridized carbons (Fsp3) is 0.625. The Morgan fingerprint density at radius 3 is 2.53 bits per heavy atom.